The fourth-order valence-corrected chi connectivity index (χ4v) is 8.71. The average molecular weight is 917 g/mol. The van der Waals surface area contributed by atoms with Crippen molar-refractivity contribution in [1.82, 2.24) is 14.7 Å². The normalized spacial score (nSPS) is 20.8. The van der Waals surface area contributed by atoms with Gasteiger partial charge in [-0.3, -0.25) is 9.69 Å². The molecule has 3 amide bonds. The Morgan fingerprint density at radius 2 is 1.18 bits per heavy atom. The minimum atomic E-state index is -1.31. The predicted molar refractivity (Wildman–Crippen MR) is 240 cm³/mol. The molecule has 2 fully saturated rings. The van der Waals surface area contributed by atoms with E-state index < -0.39 is 88.9 Å². The number of fused-ring (bicyclic) bond motifs is 1. The Morgan fingerprint density at radius 3 is 1.67 bits per heavy atom. The molecule has 15 heteroatoms. The molecule has 0 spiro atoms. The standard InChI is InChI=1S/C32H34F2N2O4.C19H26F2N2O3/c1-32(2,3)40-31(39)36-27(14-15-29(36)37)30(38)28(18-24-16-25(33)19-26(34)17-24)35(20-22-10-6-4-7-11-22)21-23-12-8-5-9-13-23;1-19(2,3)26-18(25)23-9-11-7-14(11)16(23)17(24)15(22)6-10-4-12(20)8-13(21)5-10/h4-17,19,27-28,30,38H,18,20-21H2,1-3H3;4-5,8,11,14-17,24H,6-7,9,22H2,1-3H3/t27-,28+,30-;11-,14-,15+,16-,17+/m11/s1. The first-order chi connectivity index (χ1) is 31.0. The molecule has 354 valence electrons. The Morgan fingerprint density at radius 1 is 0.712 bits per heavy atom. The van der Waals surface area contributed by atoms with Crippen LogP contribution >= 0.6 is 0 Å². The average Bonchev–Trinajstić information content (AvgIpc) is 3.70. The number of benzene rings is 4. The molecule has 0 bridgehead atoms. The van der Waals surface area contributed by atoms with E-state index in [1.165, 1.54) is 36.4 Å². The maximum Gasteiger partial charge on any atom is 0.417 e. The smallest absolute Gasteiger partial charge is 0.417 e. The zero-order chi connectivity index (χ0) is 48.1. The molecule has 3 aliphatic rings. The Hall–Kier alpha value is -5.61. The summed E-state index contributed by atoms with van der Waals surface area (Å²) in [5.74, 6) is -2.86. The number of aliphatic hydroxyl groups is 2. The van der Waals surface area contributed by atoms with Crippen LogP contribution in [-0.2, 0) is 40.2 Å². The SMILES string of the molecule is CC(C)(C)OC(=O)N1C(=O)C=C[C@@H]1[C@@H](O)[C@H](Cc1cc(F)cc(F)c1)N(Cc1ccccc1)Cc1ccccc1.CC(C)(C)OC(=O)N1C[C@H]2C[C@H]2[C@@H]1[C@@H](O)[C@@H](N)Cc1cc(F)cc(F)c1. The summed E-state index contributed by atoms with van der Waals surface area (Å²) in [6, 6.07) is 22.7. The fourth-order valence-electron chi connectivity index (χ4n) is 8.71. The van der Waals surface area contributed by atoms with E-state index in [1.54, 1.807) is 46.4 Å². The molecule has 2 aliphatic heterocycles. The summed E-state index contributed by atoms with van der Waals surface area (Å²) in [6.07, 6.45) is 0.178. The van der Waals surface area contributed by atoms with Crippen LogP contribution in [0, 0.1) is 35.1 Å². The van der Waals surface area contributed by atoms with Crippen molar-refractivity contribution in [2.24, 2.45) is 17.6 Å². The number of ether oxygens (including phenoxy) is 2. The number of hydrogen-bond acceptors (Lipinski definition) is 9. The second-order valence-corrected chi connectivity index (χ2v) is 19.4. The first-order valence-electron chi connectivity index (χ1n) is 22.1. The number of likely N-dealkylation sites (tertiary alicyclic amines) is 1. The maximum atomic E-state index is 14.2. The topological polar surface area (TPSA) is 146 Å². The fraction of sp³-hybridized carbons (Fsp3) is 0.431. The molecular weight excluding hydrogens is 857 g/mol. The number of hydrogen-bond donors (Lipinski definition) is 3. The van der Waals surface area contributed by atoms with Crippen LogP contribution in [0.3, 0.4) is 0 Å². The highest BCUT2D eigenvalue weighted by Crippen LogP contribution is 2.51. The monoisotopic (exact) mass is 916 g/mol. The summed E-state index contributed by atoms with van der Waals surface area (Å²) >= 11 is 0. The summed E-state index contributed by atoms with van der Waals surface area (Å²) in [4.78, 5) is 42.7. The number of nitrogens with two attached hydrogens (primary N) is 1. The van der Waals surface area contributed by atoms with E-state index in [0.717, 1.165) is 34.6 Å². The van der Waals surface area contributed by atoms with Crippen molar-refractivity contribution in [3.63, 3.8) is 0 Å². The number of nitrogens with zero attached hydrogens (tertiary/aromatic N) is 3. The zero-order valence-corrected chi connectivity index (χ0v) is 38.1. The molecule has 1 saturated carbocycles. The van der Waals surface area contributed by atoms with Gasteiger partial charge in [-0.1, -0.05) is 66.7 Å². The van der Waals surface area contributed by atoms with Gasteiger partial charge in [0.05, 0.1) is 24.3 Å². The molecule has 11 nitrogen and oxygen atoms in total. The quantitative estimate of drug-likeness (QED) is 0.113. The summed E-state index contributed by atoms with van der Waals surface area (Å²) < 4.78 is 66.0. The molecule has 1 saturated heterocycles. The number of rotatable bonds is 13. The number of imide groups is 1. The summed E-state index contributed by atoms with van der Waals surface area (Å²) in [5.41, 5.74) is 7.28. The highest BCUT2D eigenvalue weighted by molar-refractivity contribution is 6.01. The van der Waals surface area contributed by atoms with Crippen LogP contribution in [0.15, 0.2) is 109 Å². The van der Waals surface area contributed by atoms with E-state index in [1.807, 2.05) is 65.6 Å². The third-order valence-electron chi connectivity index (χ3n) is 11.6. The van der Waals surface area contributed by atoms with Crippen molar-refractivity contribution in [2.45, 2.75) is 121 Å². The molecule has 0 unspecified atom stereocenters. The van der Waals surface area contributed by atoms with Crippen LogP contribution in [0.2, 0.25) is 0 Å². The molecule has 0 radical (unpaired) electrons. The lowest BCUT2D eigenvalue weighted by Crippen LogP contribution is -2.55. The number of piperidine rings is 1. The van der Waals surface area contributed by atoms with Crippen molar-refractivity contribution >= 4 is 18.1 Å². The Bertz CT molecular complexity index is 2260. The lowest BCUT2D eigenvalue weighted by atomic mass is 9.93. The van der Waals surface area contributed by atoms with E-state index in [-0.39, 0.29) is 18.8 Å². The van der Waals surface area contributed by atoms with Gasteiger partial charge in [-0.05, 0) is 119 Å². The van der Waals surface area contributed by atoms with E-state index >= 15 is 0 Å². The van der Waals surface area contributed by atoms with E-state index in [2.05, 4.69) is 0 Å². The van der Waals surface area contributed by atoms with Crippen molar-refractivity contribution in [2.75, 3.05) is 6.54 Å². The second kappa shape index (κ2) is 20.9. The molecule has 2 heterocycles. The molecule has 4 N–H and O–H groups in total. The van der Waals surface area contributed by atoms with Crippen LogP contribution in [0.1, 0.15) is 70.2 Å². The third-order valence-corrected chi connectivity index (χ3v) is 11.6. The summed E-state index contributed by atoms with van der Waals surface area (Å²) in [7, 11) is 0. The molecular formula is C51H60F4N4O7. The zero-order valence-electron chi connectivity index (χ0n) is 38.1. The molecule has 8 atom stereocenters. The Balaban J connectivity index is 0.000000239. The number of carbonyl (C=O) groups excluding carboxylic acids is 3. The van der Waals surface area contributed by atoms with Crippen LogP contribution in [0.25, 0.3) is 0 Å². The van der Waals surface area contributed by atoms with Gasteiger partial charge in [-0.25, -0.2) is 32.1 Å². The third kappa shape index (κ3) is 13.5. The van der Waals surface area contributed by atoms with Crippen LogP contribution in [0.4, 0.5) is 27.2 Å². The van der Waals surface area contributed by atoms with Gasteiger partial charge in [-0.15, -0.1) is 0 Å². The lowest BCUT2D eigenvalue weighted by Gasteiger charge is -2.39. The number of amides is 3. The minimum absolute atomic E-state index is 0.0518. The van der Waals surface area contributed by atoms with Gasteiger partial charge in [0, 0.05) is 49.9 Å². The molecule has 0 aromatic heterocycles. The van der Waals surface area contributed by atoms with Gasteiger partial charge >= 0.3 is 12.2 Å². The van der Waals surface area contributed by atoms with Gasteiger partial charge in [0.15, 0.2) is 0 Å². The molecule has 4 aromatic carbocycles. The highest BCUT2D eigenvalue weighted by atomic mass is 19.1. The highest BCUT2D eigenvalue weighted by Gasteiger charge is 2.58. The first kappa shape index (κ1) is 49.8. The number of carbonyl (C=O) groups is 3. The lowest BCUT2D eigenvalue weighted by molar-refractivity contribution is -0.127. The first-order valence-corrected chi connectivity index (χ1v) is 22.1. The number of halogens is 4. The largest absolute Gasteiger partial charge is 0.444 e. The predicted octanol–water partition coefficient (Wildman–Crippen LogP) is 8.09. The van der Waals surface area contributed by atoms with Gasteiger partial charge in [0.1, 0.15) is 34.5 Å². The van der Waals surface area contributed by atoms with Crippen molar-refractivity contribution in [1.29, 1.82) is 0 Å². The van der Waals surface area contributed by atoms with Crippen LogP contribution in [-0.4, -0.2) is 97.1 Å². The Labute approximate surface area is 383 Å². The van der Waals surface area contributed by atoms with E-state index in [4.69, 9.17) is 15.2 Å². The summed E-state index contributed by atoms with van der Waals surface area (Å²) in [5, 5.41) is 22.7. The van der Waals surface area contributed by atoms with Crippen molar-refractivity contribution in [3.8, 4) is 0 Å². The molecule has 7 rings (SSSR count). The van der Waals surface area contributed by atoms with E-state index in [9.17, 15) is 42.2 Å². The van der Waals surface area contributed by atoms with Crippen molar-refractivity contribution < 1.29 is 51.6 Å². The van der Waals surface area contributed by atoms with Gasteiger partial charge in [0.2, 0.25) is 0 Å². The van der Waals surface area contributed by atoms with Gasteiger partial charge < -0.3 is 30.3 Å². The van der Waals surface area contributed by atoms with Crippen molar-refractivity contribution in [3.05, 3.63) is 155 Å². The molecule has 4 aromatic rings. The maximum absolute atomic E-state index is 14.2. The van der Waals surface area contributed by atoms with Gasteiger partial charge in [0.25, 0.3) is 5.91 Å². The Kier molecular flexibility index (Phi) is 15.8. The van der Waals surface area contributed by atoms with Crippen LogP contribution < -0.4 is 5.73 Å². The number of aliphatic hydroxyl groups excluding tert-OH is 2. The summed E-state index contributed by atoms with van der Waals surface area (Å²) in [6.45, 7) is 11.8. The minimum Gasteiger partial charge on any atom is -0.444 e. The van der Waals surface area contributed by atoms with E-state index in [0.29, 0.717) is 36.7 Å². The molecule has 1 aliphatic carbocycles. The molecule has 66 heavy (non-hydrogen) atoms. The second-order valence-electron chi connectivity index (χ2n) is 19.4. The van der Waals surface area contributed by atoms with Crippen LogP contribution in [0.5, 0.6) is 0 Å². The van der Waals surface area contributed by atoms with Gasteiger partial charge in [-0.2, -0.15) is 0 Å².